The molecule has 0 aromatic heterocycles. The molecule has 4 rings (SSSR count). The summed E-state index contributed by atoms with van der Waals surface area (Å²) in [5.41, 5.74) is 2.70. The monoisotopic (exact) mass is 288 g/mol. The van der Waals surface area contributed by atoms with Crippen LogP contribution in [0, 0.1) is 34.0 Å². The molecule has 0 aliphatic heterocycles. The Morgan fingerprint density at radius 3 is 2.52 bits per heavy atom. The van der Waals surface area contributed by atoms with E-state index in [4.69, 9.17) is 0 Å². The summed E-state index contributed by atoms with van der Waals surface area (Å²) < 4.78 is 0. The van der Waals surface area contributed by atoms with E-state index in [0.717, 1.165) is 18.3 Å². The fraction of sp³-hybridized carbons (Fsp3) is 0.900. The Balaban J connectivity index is 1.74. The van der Waals surface area contributed by atoms with Crippen molar-refractivity contribution in [3.63, 3.8) is 0 Å². The van der Waals surface area contributed by atoms with Crippen molar-refractivity contribution >= 4 is 0 Å². The van der Waals surface area contributed by atoms with Crippen molar-refractivity contribution < 1.29 is 5.11 Å². The molecule has 1 nitrogen and oxygen atoms in total. The zero-order valence-electron chi connectivity index (χ0n) is 14.1. The van der Waals surface area contributed by atoms with Gasteiger partial charge in [0, 0.05) is 0 Å². The van der Waals surface area contributed by atoms with Crippen LogP contribution in [0.3, 0.4) is 0 Å². The van der Waals surface area contributed by atoms with Gasteiger partial charge in [0.05, 0.1) is 6.10 Å². The van der Waals surface area contributed by atoms with E-state index < -0.39 is 0 Å². The van der Waals surface area contributed by atoms with Crippen molar-refractivity contribution in [2.75, 3.05) is 0 Å². The van der Waals surface area contributed by atoms with Gasteiger partial charge in [0.15, 0.2) is 0 Å². The number of aliphatic hydroxyl groups excluding tert-OH is 1. The summed E-state index contributed by atoms with van der Waals surface area (Å²) in [5, 5.41) is 10.5. The van der Waals surface area contributed by atoms with Crippen LogP contribution in [0.25, 0.3) is 0 Å². The van der Waals surface area contributed by atoms with Crippen molar-refractivity contribution in [3.8, 4) is 0 Å². The summed E-state index contributed by atoms with van der Waals surface area (Å²) in [5.74, 6) is 2.42. The van der Waals surface area contributed by atoms with Crippen molar-refractivity contribution in [3.05, 3.63) is 12.2 Å². The van der Waals surface area contributed by atoms with E-state index in [9.17, 15) is 5.11 Å². The molecule has 0 aromatic rings. The largest absolute Gasteiger partial charge is 0.393 e. The van der Waals surface area contributed by atoms with Crippen LogP contribution in [0.1, 0.15) is 72.1 Å². The fourth-order valence-corrected chi connectivity index (χ4v) is 7.57. The molecule has 4 aliphatic rings. The Labute approximate surface area is 130 Å². The van der Waals surface area contributed by atoms with E-state index in [1.54, 1.807) is 5.57 Å². The predicted octanol–water partition coefficient (Wildman–Crippen LogP) is 4.95. The number of fused-ring (bicyclic) bond motifs is 3. The number of allylic oxidation sites excluding steroid dienone is 1. The summed E-state index contributed by atoms with van der Waals surface area (Å²) in [4.78, 5) is 0. The standard InChI is InChI=1S/C20H32O/c1-13-11-20-10-7-15-18(2,3)17(21)8-9-19(15,4)16(20)6-5-14(13)12-20/h14-17,21H,1,5-12H2,2-4H3/t14-,15+,16-,17+,19+,20-/m0/s1. The molecule has 0 heterocycles. The van der Waals surface area contributed by atoms with Crippen molar-refractivity contribution in [1.29, 1.82) is 0 Å². The molecule has 0 amide bonds. The average Bonchev–Trinajstić information content (AvgIpc) is 2.65. The first-order chi connectivity index (χ1) is 9.80. The lowest BCUT2D eigenvalue weighted by Crippen LogP contribution is -2.59. The van der Waals surface area contributed by atoms with Gasteiger partial charge in [0.25, 0.3) is 0 Å². The average molecular weight is 288 g/mol. The summed E-state index contributed by atoms with van der Waals surface area (Å²) in [6.45, 7) is 11.7. The molecule has 4 saturated carbocycles. The first kappa shape index (κ1) is 14.3. The highest BCUT2D eigenvalue weighted by Gasteiger charge is 2.64. The minimum atomic E-state index is -0.0977. The van der Waals surface area contributed by atoms with Gasteiger partial charge in [0.1, 0.15) is 0 Å². The second-order valence-corrected chi connectivity index (χ2v) is 9.70. The lowest BCUT2D eigenvalue weighted by molar-refractivity contribution is -0.180. The zero-order valence-corrected chi connectivity index (χ0v) is 14.1. The van der Waals surface area contributed by atoms with E-state index in [2.05, 4.69) is 27.4 Å². The highest BCUT2D eigenvalue weighted by atomic mass is 16.3. The molecule has 21 heavy (non-hydrogen) atoms. The maximum Gasteiger partial charge on any atom is 0.0594 e. The lowest BCUT2D eigenvalue weighted by atomic mass is 9.41. The Morgan fingerprint density at radius 1 is 1.00 bits per heavy atom. The summed E-state index contributed by atoms with van der Waals surface area (Å²) in [7, 11) is 0. The minimum Gasteiger partial charge on any atom is -0.393 e. The fourth-order valence-electron chi connectivity index (χ4n) is 7.57. The summed E-state index contributed by atoms with van der Waals surface area (Å²) in [6.07, 6.45) is 10.4. The molecular formula is C20H32O. The molecule has 0 aromatic carbocycles. The SMILES string of the molecule is C=C1C[C@]23CC[C@@H]4C(C)(C)[C@H](O)CC[C@@]4(C)[C@@H]2CC[C@H]1C3. The van der Waals surface area contributed by atoms with Gasteiger partial charge in [-0.15, -0.1) is 0 Å². The first-order valence-corrected chi connectivity index (χ1v) is 9.15. The third kappa shape index (κ3) is 1.68. The molecule has 1 heteroatoms. The normalized spacial score (nSPS) is 55.0. The lowest BCUT2D eigenvalue weighted by Gasteiger charge is -2.64. The van der Waals surface area contributed by atoms with Gasteiger partial charge in [0.2, 0.25) is 0 Å². The molecule has 2 bridgehead atoms. The highest BCUT2D eigenvalue weighted by molar-refractivity contribution is 5.22. The minimum absolute atomic E-state index is 0.0977. The second kappa shape index (κ2) is 4.16. The van der Waals surface area contributed by atoms with Gasteiger partial charge in [-0.1, -0.05) is 32.9 Å². The van der Waals surface area contributed by atoms with Crippen LogP contribution >= 0.6 is 0 Å². The smallest absolute Gasteiger partial charge is 0.0594 e. The van der Waals surface area contributed by atoms with Gasteiger partial charge in [-0.2, -0.15) is 0 Å². The predicted molar refractivity (Wildman–Crippen MR) is 86.9 cm³/mol. The molecule has 4 fully saturated rings. The maximum absolute atomic E-state index is 10.5. The molecule has 6 atom stereocenters. The van der Waals surface area contributed by atoms with Crippen LogP contribution in [0.4, 0.5) is 0 Å². The van der Waals surface area contributed by atoms with E-state index in [1.807, 2.05) is 0 Å². The maximum atomic E-state index is 10.5. The molecule has 0 unspecified atom stereocenters. The highest BCUT2D eigenvalue weighted by Crippen LogP contribution is 2.72. The van der Waals surface area contributed by atoms with Gasteiger partial charge >= 0.3 is 0 Å². The van der Waals surface area contributed by atoms with E-state index in [0.29, 0.717) is 16.7 Å². The van der Waals surface area contributed by atoms with Crippen LogP contribution in [-0.2, 0) is 0 Å². The quantitative estimate of drug-likeness (QED) is 0.626. The van der Waals surface area contributed by atoms with Gasteiger partial charge < -0.3 is 5.11 Å². The Hall–Kier alpha value is -0.300. The molecule has 0 radical (unpaired) electrons. The van der Waals surface area contributed by atoms with E-state index in [-0.39, 0.29) is 11.5 Å². The number of rotatable bonds is 0. The van der Waals surface area contributed by atoms with Crippen molar-refractivity contribution in [2.24, 2.45) is 34.0 Å². The van der Waals surface area contributed by atoms with Gasteiger partial charge in [-0.3, -0.25) is 0 Å². The molecule has 0 saturated heterocycles. The van der Waals surface area contributed by atoms with E-state index in [1.165, 1.54) is 44.9 Å². The van der Waals surface area contributed by atoms with Crippen LogP contribution in [0.5, 0.6) is 0 Å². The van der Waals surface area contributed by atoms with Crippen molar-refractivity contribution in [1.82, 2.24) is 0 Å². The van der Waals surface area contributed by atoms with Crippen LogP contribution < -0.4 is 0 Å². The second-order valence-electron chi connectivity index (χ2n) is 9.70. The Morgan fingerprint density at radius 2 is 1.76 bits per heavy atom. The molecule has 4 aliphatic carbocycles. The Bertz CT molecular complexity index is 478. The van der Waals surface area contributed by atoms with Crippen LogP contribution in [0.2, 0.25) is 0 Å². The molecule has 1 spiro atoms. The van der Waals surface area contributed by atoms with Crippen molar-refractivity contribution in [2.45, 2.75) is 78.2 Å². The van der Waals surface area contributed by atoms with Gasteiger partial charge in [-0.05, 0) is 85.4 Å². The number of hydrogen-bond donors (Lipinski definition) is 1. The van der Waals surface area contributed by atoms with Crippen LogP contribution in [0.15, 0.2) is 12.2 Å². The number of aliphatic hydroxyl groups is 1. The first-order valence-electron chi connectivity index (χ1n) is 9.15. The third-order valence-corrected chi connectivity index (χ3v) is 8.59. The zero-order chi connectivity index (χ0) is 15.0. The van der Waals surface area contributed by atoms with E-state index >= 15 is 0 Å². The molecule has 1 N–H and O–H groups in total. The summed E-state index contributed by atoms with van der Waals surface area (Å²) >= 11 is 0. The molecular weight excluding hydrogens is 256 g/mol. The summed E-state index contributed by atoms with van der Waals surface area (Å²) in [6, 6.07) is 0. The third-order valence-electron chi connectivity index (χ3n) is 8.59. The molecule has 118 valence electrons. The topological polar surface area (TPSA) is 20.2 Å². The Kier molecular flexibility index (Phi) is 2.83. The number of hydrogen-bond acceptors (Lipinski definition) is 1. The van der Waals surface area contributed by atoms with Gasteiger partial charge in [-0.25, -0.2) is 0 Å². The van der Waals surface area contributed by atoms with Crippen LogP contribution in [-0.4, -0.2) is 11.2 Å².